The van der Waals surface area contributed by atoms with Crippen molar-refractivity contribution in [3.05, 3.63) is 0 Å². The lowest BCUT2D eigenvalue weighted by molar-refractivity contribution is 0.303. The van der Waals surface area contributed by atoms with E-state index in [1.165, 1.54) is 44.9 Å². The maximum absolute atomic E-state index is 5.75. The number of rotatable bonds is 2. The molecular weight excluding hydrogens is 172 g/mol. The minimum Gasteiger partial charge on any atom is -0.352 e. The van der Waals surface area contributed by atoms with Crippen molar-refractivity contribution < 1.29 is 4.74 Å². The van der Waals surface area contributed by atoms with Crippen LogP contribution in [0.2, 0.25) is 0 Å². The van der Waals surface area contributed by atoms with Gasteiger partial charge >= 0.3 is 0 Å². The van der Waals surface area contributed by atoms with Crippen molar-refractivity contribution in [3.8, 4) is 11.8 Å². The number of fused-ring (bicyclic) bond motifs is 1. The van der Waals surface area contributed by atoms with Crippen molar-refractivity contribution in [2.75, 3.05) is 0 Å². The third-order valence-electron chi connectivity index (χ3n) is 3.29. The zero-order valence-electron chi connectivity index (χ0n) is 9.14. The molecule has 0 spiro atoms. The molecule has 0 amide bonds. The van der Waals surface area contributed by atoms with Crippen LogP contribution in [0.25, 0.3) is 0 Å². The Kier molecular flexibility index (Phi) is 3.13. The number of ether oxygens (including phenoxy) is 1. The van der Waals surface area contributed by atoms with Crippen molar-refractivity contribution >= 4 is 0 Å². The standard InChI is InChI=1S/C13H20O/c1-2-3-4-7-10-13-11-8-5-6-9-12(13)14-13/h12H,2-6,8-9,11H2,1H3. The summed E-state index contributed by atoms with van der Waals surface area (Å²) in [5.41, 5.74) is 0.0181. The summed E-state index contributed by atoms with van der Waals surface area (Å²) >= 11 is 0. The maximum atomic E-state index is 5.75. The smallest absolute Gasteiger partial charge is 0.155 e. The van der Waals surface area contributed by atoms with Crippen LogP contribution in [0.5, 0.6) is 0 Å². The SMILES string of the molecule is CCCCC#CC12CCCCCC1O2. The first kappa shape index (κ1) is 10.1. The highest BCUT2D eigenvalue weighted by atomic mass is 16.6. The largest absolute Gasteiger partial charge is 0.352 e. The van der Waals surface area contributed by atoms with E-state index in [0.717, 1.165) is 6.42 Å². The van der Waals surface area contributed by atoms with Crippen LogP contribution < -0.4 is 0 Å². The Hall–Kier alpha value is -0.480. The molecule has 1 aliphatic heterocycles. The van der Waals surface area contributed by atoms with Gasteiger partial charge in [-0.15, -0.1) is 5.92 Å². The predicted molar refractivity (Wildman–Crippen MR) is 58.0 cm³/mol. The van der Waals surface area contributed by atoms with E-state index in [4.69, 9.17) is 4.74 Å². The Morgan fingerprint density at radius 1 is 1.36 bits per heavy atom. The summed E-state index contributed by atoms with van der Waals surface area (Å²) in [5.74, 6) is 6.67. The van der Waals surface area contributed by atoms with Gasteiger partial charge in [-0.3, -0.25) is 0 Å². The number of hydrogen-bond acceptors (Lipinski definition) is 1. The van der Waals surface area contributed by atoms with Gasteiger partial charge in [-0.25, -0.2) is 0 Å². The number of hydrogen-bond donors (Lipinski definition) is 0. The van der Waals surface area contributed by atoms with E-state index >= 15 is 0 Å². The zero-order chi connectivity index (χ0) is 9.86. The van der Waals surface area contributed by atoms with Crippen LogP contribution in [-0.2, 0) is 4.74 Å². The van der Waals surface area contributed by atoms with Gasteiger partial charge < -0.3 is 4.74 Å². The van der Waals surface area contributed by atoms with Gasteiger partial charge in [0.25, 0.3) is 0 Å². The summed E-state index contributed by atoms with van der Waals surface area (Å²) in [5, 5.41) is 0. The summed E-state index contributed by atoms with van der Waals surface area (Å²) in [7, 11) is 0. The summed E-state index contributed by atoms with van der Waals surface area (Å²) in [4.78, 5) is 0. The Balaban J connectivity index is 1.86. The van der Waals surface area contributed by atoms with Crippen molar-refractivity contribution in [1.29, 1.82) is 0 Å². The van der Waals surface area contributed by atoms with E-state index in [-0.39, 0.29) is 5.60 Å². The van der Waals surface area contributed by atoms with Crippen LogP contribution in [-0.4, -0.2) is 11.7 Å². The molecule has 2 aliphatic rings. The third-order valence-corrected chi connectivity index (χ3v) is 3.29. The van der Waals surface area contributed by atoms with Gasteiger partial charge in [0.2, 0.25) is 0 Å². The van der Waals surface area contributed by atoms with Crippen LogP contribution in [0.4, 0.5) is 0 Å². The van der Waals surface area contributed by atoms with E-state index in [1.807, 2.05) is 0 Å². The van der Waals surface area contributed by atoms with Crippen molar-refractivity contribution in [1.82, 2.24) is 0 Å². The first-order valence-corrected chi connectivity index (χ1v) is 6.05. The Morgan fingerprint density at radius 3 is 3.14 bits per heavy atom. The number of unbranched alkanes of at least 4 members (excludes halogenated alkanes) is 2. The molecule has 1 nitrogen and oxygen atoms in total. The zero-order valence-corrected chi connectivity index (χ0v) is 9.14. The molecule has 2 rings (SSSR count). The molecule has 2 fully saturated rings. The molecule has 14 heavy (non-hydrogen) atoms. The highest BCUT2D eigenvalue weighted by molar-refractivity contribution is 5.25. The van der Waals surface area contributed by atoms with E-state index < -0.39 is 0 Å². The lowest BCUT2D eigenvalue weighted by Gasteiger charge is -2.00. The second-order valence-corrected chi connectivity index (χ2v) is 4.50. The molecule has 0 radical (unpaired) electrons. The molecule has 1 saturated carbocycles. The molecule has 0 aromatic carbocycles. The van der Waals surface area contributed by atoms with Gasteiger partial charge in [-0.05, 0) is 25.7 Å². The fourth-order valence-corrected chi connectivity index (χ4v) is 2.28. The lowest BCUT2D eigenvalue weighted by atomic mass is 10.0. The van der Waals surface area contributed by atoms with Crippen molar-refractivity contribution in [3.63, 3.8) is 0 Å². The van der Waals surface area contributed by atoms with Gasteiger partial charge in [0.15, 0.2) is 5.60 Å². The molecular formula is C13H20O. The van der Waals surface area contributed by atoms with Gasteiger partial charge in [0.1, 0.15) is 0 Å². The molecule has 0 aromatic heterocycles. The first-order valence-electron chi connectivity index (χ1n) is 6.05. The Bertz CT molecular complexity index is 248. The van der Waals surface area contributed by atoms with Crippen molar-refractivity contribution in [2.45, 2.75) is 70.0 Å². The fraction of sp³-hybridized carbons (Fsp3) is 0.846. The lowest BCUT2D eigenvalue weighted by Crippen LogP contribution is -2.10. The minimum atomic E-state index is 0.0181. The average molecular weight is 192 g/mol. The molecule has 0 aromatic rings. The highest BCUT2D eigenvalue weighted by Gasteiger charge is 2.54. The van der Waals surface area contributed by atoms with Crippen molar-refractivity contribution in [2.24, 2.45) is 0 Å². The van der Waals surface area contributed by atoms with Gasteiger partial charge in [-0.2, -0.15) is 0 Å². The molecule has 2 unspecified atom stereocenters. The van der Waals surface area contributed by atoms with E-state index in [0.29, 0.717) is 6.10 Å². The molecule has 1 aliphatic carbocycles. The third kappa shape index (κ3) is 2.12. The van der Waals surface area contributed by atoms with Crippen LogP contribution in [0, 0.1) is 11.8 Å². The second-order valence-electron chi connectivity index (χ2n) is 4.50. The molecule has 1 heteroatoms. The molecule has 0 N–H and O–H groups in total. The highest BCUT2D eigenvalue weighted by Crippen LogP contribution is 2.45. The maximum Gasteiger partial charge on any atom is 0.155 e. The van der Waals surface area contributed by atoms with Crippen LogP contribution in [0.3, 0.4) is 0 Å². The normalized spacial score (nSPS) is 35.1. The van der Waals surface area contributed by atoms with Crippen LogP contribution in [0.1, 0.15) is 58.3 Å². The molecule has 1 heterocycles. The van der Waals surface area contributed by atoms with E-state index in [2.05, 4.69) is 18.8 Å². The first-order chi connectivity index (χ1) is 6.87. The summed E-state index contributed by atoms with van der Waals surface area (Å²) in [6.07, 6.45) is 10.4. The monoisotopic (exact) mass is 192 g/mol. The van der Waals surface area contributed by atoms with Gasteiger partial charge in [0, 0.05) is 6.42 Å². The molecule has 2 atom stereocenters. The fourth-order valence-electron chi connectivity index (χ4n) is 2.28. The van der Waals surface area contributed by atoms with Gasteiger partial charge in [0.05, 0.1) is 6.10 Å². The van der Waals surface area contributed by atoms with Crippen LogP contribution >= 0.6 is 0 Å². The second kappa shape index (κ2) is 4.36. The Labute approximate surface area is 87.2 Å². The topological polar surface area (TPSA) is 12.5 Å². The van der Waals surface area contributed by atoms with Gasteiger partial charge in [-0.1, -0.05) is 32.1 Å². The average Bonchev–Trinajstić information content (AvgIpc) is 2.86. The van der Waals surface area contributed by atoms with E-state index in [1.54, 1.807) is 0 Å². The number of epoxide rings is 1. The summed E-state index contributed by atoms with van der Waals surface area (Å²) in [6.45, 7) is 2.21. The molecule has 1 saturated heterocycles. The quantitative estimate of drug-likeness (QED) is 0.371. The van der Waals surface area contributed by atoms with E-state index in [9.17, 15) is 0 Å². The Morgan fingerprint density at radius 2 is 2.29 bits per heavy atom. The minimum absolute atomic E-state index is 0.0181. The van der Waals surface area contributed by atoms with Crippen LogP contribution in [0.15, 0.2) is 0 Å². The summed E-state index contributed by atoms with van der Waals surface area (Å²) in [6, 6.07) is 0. The summed E-state index contributed by atoms with van der Waals surface area (Å²) < 4.78 is 5.75. The predicted octanol–water partition coefficient (Wildman–Crippen LogP) is 3.28. The molecule has 78 valence electrons. The molecule has 0 bridgehead atoms.